The van der Waals surface area contributed by atoms with Crippen molar-refractivity contribution in [2.45, 2.75) is 33.1 Å². The first-order valence-corrected chi connectivity index (χ1v) is 9.06. The molecule has 0 atom stereocenters. The number of nitrogens with one attached hydrogen (secondary N) is 2. The summed E-state index contributed by atoms with van der Waals surface area (Å²) >= 11 is 1.60. The molecule has 3 rings (SSSR count). The zero-order valence-electron chi connectivity index (χ0n) is 14.3. The Morgan fingerprint density at radius 2 is 2.08 bits per heavy atom. The van der Waals surface area contributed by atoms with Crippen LogP contribution < -0.4 is 5.32 Å². The molecule has 1 amide bonds. The predicted octanol–water partition coefficient (Wildman–Crippen LogP) is 3.99. The second-order valence-electron chi connectivity index (χ2n) is 6.01. The van der Waals surface area contributed by atoms with E-state index in [1.807, 2.05) is 55.6 Å². The van der Waals surface area contributed by atoms with Crippen molar-refractivity contribution in [1.82, 2.24) is 15.5 Å². The third-order valence-electron chi connectivity index (χ3n) is 3.62. The lowest BCUT2D eigenvalue weighted by atomic mass is 10.1. The van der Waals surface area contributed by atoms with E-state index >= 15 is 0 Å². The smallest absolute Gasteiger partial charge is 0.272 e. The van der Waals surface area contributed by atoms with Crippen LogP contribution in [0.2, 0.25) is 0 Å². The standard InChI is InChI=1S/C19H21N3O2S/c1-13(2)24-12-15-6-3-5-14(9-15)11-20-19(23)17-10-16(21-22-17)18-7-4-8-25-18/h3-10,13H,11-12H2,1-2H3,(H,20,23)(H,21,22). The quantitative estimate of drug-likeness (QED) is 0.673. The first-order valence-electron chi connectivity index (χ1n) is 8.18. The summed E-state index contributed by atoms with van der Waals surface area (Å²) in [6.07, 6.45) is 0.195. The van der Waals surface area contributed by atoms with Crippen LogP contribution in [0, 0.1) is 0 Å². The second-order valence-corrected chi connectivity index (χ2v) is 6.95. The molecule has 25 heavy (non-hydrogen) atoms. The number of thiophene rings is 1. The van der Waals surface area contributed by atoms with Crippen molar-refractivity contribution in [3.63, 3.8) is 0 Å². The lowest BCUT2D eigenvalue weighted by molar-refractivity contribution is 0.0657. The van der Waals surface area contributed by atoms with Crippen LogP contribution in [-0.4, -0.2) is 22.2 Å². The van der Waals surface area contributed by atoms with Crippen LogP contribution in [0.4, 0.5) is 0 Å². The Hall–Kier alpha value is -2.44. The van der Waals surface area contributed by atoms with E-state index in [0.717, 1.165) is 21.7 Å². The first kappa shape index (κ1) is 17.4. The van der Waals surface area contributed by atoms with Crippen molar-refractivity contribution < 1.29 is 9.53 Å². The summed E-state index contributed by atoms with van der Waals surface area (Å²) in [4.78, 5) is 13.3. The van der Waals surface area contributed by atoms with E-state index in [4.69, 9.17) is 4.74 Å². The lowest BCUT2D eigenvalue weighted by Gasteiger charge is -2.09. The molecule has 2 aromatic heterocycles. The summed E-state index contributed by atoms with van der Waals surface area (Å²) in [6.45, 7) is 5.05. The van der Waals surface area contributed by atoms with Crippen LogP contribution in [0.15, 0.2) is 47.8 Å². The summed E-state index contributed by atoms with van der Waals surface area (Å²) in [6, 6.07) is 13.8. The number of H-pyrrole nitrogens is 1. The minimum atomic E-state index is -0.192. The summed E-state index contributed by atoms with van der Waals surface area (Å²) in [7, 11) is 0. The number of nitrogens with zero attached hydrogens (tertiary/aromatic N) is 1. The summed E-state index contributed by atoms with van der Waals surface area (Å²) in [5, 5.41) is 11.9. The Kier molecular flexibility index (Phi) is 5.63. The van der Waals surface area contributed by atoms with Gasteiger partial charge in [-0.05, 0) is 42.5 Å². The molecule has 0 radical (unpaired) electrons. The predicted molar refractivity (Wildman–Crippen MR) is 99.4 cm³/mol. The number of hydrogen-bond acceptors (Lipinski definition) is 4. The van der Waals surface area contributed by atoms with Crippen molar-refractivity contribution in [2.24, 2.45) is 0 Å². The molecule has 0 fully saturated rings. The highest BCUT2D eigenvalue weighted by atomic mass is 32.1. The Bertz CT molecular complexity index is 825. The minimum Gasteiger partial charge on any atom is -0.374 e. The van der Waals surface area contributed by atoms with Crippen molar-refractivity contribution in [2.75, 3.05) is 0 Å². The maximum absolute atomic E-state index is 12.3. The Labute approximate surface area is 151 Å². The number of benzene rings is 1. The molecular formula is C19H21N3O2S. The number of hydrogen-bond donors (Lipinski definition) is 2. The summed E-state index contributed by atoms with van der Waals surface area (Å²) < 4.78 is 5.62. The number of aromatic amines is 1. The van der Waals surface area contributed by atoms with E-state index in [0.29, 0.717) is 18.8 Å². The zero-order chi connectivity index (χ0) is 17.6. The number of ether oxygens (including phenoxy) is 1. The van der Waals surface area contributed by atoms with E-state index in [1.165, 1.54) is 0 Å². The van der Waals surface area contributed by atoms with Crippen LogP contribution in [0.5, 0.6) is 0 Å². The molecule has 0 aliphatic carbocycles. The SMILES string of the molecule is CC(C)OCc1cccc(CNC(=O)c2cc(-c3cccs3)[nH]n2)c1. The number of carbonyl (C=O) groups excluding carboxylic acids is 1. The fourth-order valence-electron chi connectivity index (χ4n) is 2.36. The maximum Gasteiger partial charge on any atom is 0.272 e. The van der Waals surface area contributed by atoms with Gasteiger partial charge in [0, 0.05) is 6.54 Å². The normalized spacial score (nSPS) is 11.0. The van der Waals surface area contributed by atoms with Crippen LogP contribution >= 0.6 is 11.3 Å². The topological polar surface area (TPSA) is 67.0 Å². The van der Waals surface area contributed by atoms with E-state index in [9.17, 15) is 4.79 Å². The maximum atomic E-state index is 12.3. The summed E-state index contributed by atoms with van der Waals surface area (Å²) in [5.41, 5.74) is 3.38. The average molecular weight is 355 g/mol. The van der Waals surface area contributed by atoms with E-state index < -0.39 is 0 Å². The highest BCUT2D eigenvalue weighted by Gasteiger charge is 2.11. The van der Waals surface area contributed by atoms with Crippen LogP contribution in [-0.2, 0) is 17.9 Å². The van der Waals surface area contributed by atoms with Gasteiger partial charge in [0.15, 0.2) is 5.69 Å². The molecule has 0 bridgehead atoms. The van der Waals surface area contributed by atoms with Gasteiger partial charge in [0.2, 0.25) is 0 Å². The lowest BCUT2D eigenvalue weighted by Crippen LogP contribution is -2.23. The number of amides is 1. The minimum absolute atomic E-state index is 0.192. The highest BCUT2D eigenvalue weighted by Crippen LogP contribution is 2.22. The van der Waals surface area contributed by atoms with Crippen LogP contribution in [0.25, 0.3) is 10.6 Å². The molecule has 0 spiro atoms. The average Bonchev–Trinajstić information content (AvgIpc) is 3.29. The third kappa shape index (κ3) is 4.78. The Morgan fingerprint density at radius 3 is 2.84 bits per heavy atom. The largest absolute Gasteiger partial charge is 0.374 e. The number of carbonyl (C=O) groups is 1. The van der Waals surface area contributed by atoms with E-state index in [2.05, 4.69) is 15.5 Å². The van der Waals surface area contributed by atoms with Crippen LogP contribution in [0.1, 0.15) is 35.5 Å². The van der Waals surface area contributed by atoms with Gasteiger partial charge in [0.25, 0.3) is 5.91 Å². The molecule has 5 nitrogen and oxygen atoms in total. The second kappa shape index (κ2) is 8.09. The van der Waals surface area contributed by atoms with Gasteiger partial charge < -0.3 is 10.1 Å². The fraction of sp³-hybridized carbons (Fsp3) is 0.263. The molecular weight excluding hydrogens is 334 g/mol. The van der Waals surface area contributed by atoms with Gasteiger partial charge in [0.1, 0.15) is 0 Å². The van der Waals surface area contributed by atoms with Crippen molar-refractivity contribution in [3.8, 4) is 10.6 Å². The van der Waals surface area contributed by atoms with Crippen LogP contribution in [0.3, 0.4) is 0 Å². The van der Waals surface area contributed by atoms with Crippen molar-refractivity contribution in [3.05, 3.63) is 64.7 Å². The molecule has 3 aromatic rings. The number of aromatic nitrogens is 2. The molecule has 2 N–H and O–H groups in total. The third-order valence-corrected chi connectivity index (χ3v) is 4.53. The monoisotopic (exact) mass is 355 g/mol. The molecule has 6 heteroatoms. The van der Waals surface area contributed by atoms with Gasteiger partial charge in [-0.1, -0.05) is 30.3 Å². The molecule has 0 aliphatic heterocycles. The van der Waals surface area contributed by atoms with E-state index in [1.54, 1.807) is 17.4 Å². The zero-order valence-corrected chi connectivity index (χ0v) is 15.1. The molecule has 0 saturated heterocycles. The molecule has 0 saturated carbocycles. The fourth-order valence-corrected chi connectivity index (χ4v) is 3.05. The highest BCUT2D eigenvalue weighted by molar-refractivity contribution is 7.13. The molecule has 1 aromatic carbocycles. The van der Waals surface area contributed by atoms with Gasteiger partial charge in [-0.3, -0.25) is 9.89 Å². The van der Waals surface area contributed by atoms with Gasteiger partial charge in [-0.25, -0.2) is 0 Å². The van der Waals surface area contributed by atoms with Gasteiger partial charge >= 0.3 is 0 Å². The molecule has 0 unspecified atom stereocenters. The van der Waals surface area contributed by atoms with Crippen molar-refractivity contribution >= 4 is 17.2 Å². The molecule has 130 valence electrons. The van der Waals surface area contributed by atoms with Gasteiger partial charge in [-0.2, -0.15) is 5.10 Å². The number of rotatable bonds is 7. The summed E-state index contributed by atoms with van der Waals surface area (Å²) in [5.74, 6) is -0.192. The first-order chi connectivity index (χ1) is 12.1. The van der Waals surface area contributed by atoms with Gasteiger partial charge in [0.05, 0.1) is 23.3 Å². The Balaban J connectivity index is 1.58. The van der Waals surface area contributed by atoms with E-state index in [-0.39, 0.29) is 12.0 Å². The molecule has 0 aliphatic rings. The molecule has 2 heterocycles. The van der Waals surface area contributed by atoms with Crippen molar-refractivity contribution in [1.29, 1.82) is 0 Å². The Morgan fingerprint density at radius 1 is 1.24 bits per heavy atom. The van der Waals surface area contributed by atoms with Gasteiger partial charge in [-0.15, -0.1) is 11.3 Å².